The molecule has 102 valence electrons. The Balaban J connectivity index is 2.47. The third-order valence-electron chi connectivity index (χ3n) is 4.07. The zero-order chi connectivity index (χ0) is 12.7. The molecule has 0 spiro atoms. The van der Waals surface area contributed by atoms with Crippen LogP contribution in [0.2, 0.25) is 0 Å². The van der Waals surface area contributed by atoms with Gasteiger partial charge in [0.2, 0.25) is 0 Å². The van der Waals surface area contributed by atoms with Gasteiger partial charge >= 0.3 is 0 Å². The number of hydrogen-bond donors (Lipinski definition) is 1. The van der Waals surface area contributed by atoms with E-state index in [0.29, 0.717) is 6.04 Å². The molecule has 0 aliphatic carbocycles. The summed E-state index contributed by atoms with van der Waals surface area (Å²) in [6.07, 6.45) is 6.82. The normalized spacial score (nSPS) is 24.2. The predicted molar refractivity (Wildman–Crippen MR) is 76.4 cm³/mol. The first-order valence-electron chi connectivity index (χ1n) is 7.66. The molecular formula is C15H32N2. The predicted octanol–water partition coefficient (Wildman–Crippen LogP) is 3.28. The van der Waals surface area contributed by atoms with Crippen LogP contribution in [-0.4, -0.2) is 36.6 Å². The summed E-state index contributed by atoms with van der Waals surface area (Å²) in [6.45, 7) is 13.0. The summed E-state index contributed by atoms with van der Waals surface area (Å²) in [5.74, 6) is 0.756. The Morgan fingerprint density at radius 3 is 2.53 bits per heavy atom. The number of nitrogens with zero attached hydrogens (tertiary/aromatic N) is 1. The fraction of sp³-hybridized carbons (Fsp3) is 1.00. The highest BCUT2D eigenvalue weighted by Gasteiger charge is 2.26. The third kappa shape index (κ3) is 4.97. The molecule has 1 aliphatic heterocycles. The Morgan fingerprint density at radius 2 is 1.94 bits per heavy atom. The molecule has 1 fully saturated rings. The molecule has 0 aromatic heterocycles. The molecule has 0 bridgehead atoms. The summed E-state index contributed by atoms with van der Waals surface area (Å²) in [4.78, 5) is 2.75. The van der Waals surface area contributed by atoms with Gasteiger partial charge in [0, 0.05) is 31.7 Å². The van der Waals surface area contributed by atoms with Gasteiger partial charge in [0.15, 0.2) is 0 Å². The van der Waals surface area contributed by atoms with Gasteiger partial charge in [0.25, 0.3) is 0 Å². The highest BCUT2D eigenvalue weighted by molar-refractivity contribution is 4.84. The lowest BCUT2D eigenvalue weighted by Crippen LogP contribution is -2.55. The van der Waals surface area contributed by atoms with Crippen LogP contribution >= 0.6 is 0 Å². The molecule has 1 aliphatic rings. The van der Waals surface area contributed by atoms with Gasteiger partial charge in [-0.05, 0) is 18.8 Å². The molecule has 2 heteroatoms. The lowest BCUT2D eigenvalue weighted by Gasteiger charge is -2.40. The second-order valence-corrected chi connectivity index (χ2v) is 5.88. The van der Waals surface area contributed by atoms with Crippen LogP contribution in [0.4, 0.5) is 0 Å². The molecule has 1 saturated heterocycles. The Bertz CT molecular complexity index is 191. The van der Waals surface area contributed by atoms with E-state index in [1.54, 1.807) is 0 Å². The van der Waals surface area contributed by atoms with E-state index in [4.69, 9.17) is 0 Å². The smallest absolute Gasteiger partial charge is 0.0218 e. The summed E-state index contributed by atoms with van der Waals surface area (Å²) in [5, 5.41) is 3.66. The van der Waals surface area contributed by atoms with Crippen molar-refractivity contribution in [3.05, 3.63) is 0 Å². The number of nitrogens with one attached hydrogen (secondary N) is 1. The van der Waals surface area contributed by atoms with Crippen LogP contribution in [0.15, 0.2) is 0 Å². The summed E-state index contributed by atoms with van der Waals surface area (Å²) >= 11 is 0. The van der Waals surface area contributed by atoms with Crippen LogP contribution in [-0.2, 0) is 0 Å². The van der Waals surface area contributed by atoms with Gasteiger partial charge in [-0.25, -0.2) is 0 Å². The zero-order valence-corrected chi connectivity index (χ0v) is 12.3. The number of unbranched alkanes of at least 4 members (excludes halogenated alkanes) is 1. The maximum atomic E-state index is 3.66. The highest BCUT2D eigenvalue weighted by atomic mass is 15.2. The van der Waals surface area contributed by atoms with E-state index in [0.717, 1.165) is 12.0 Å². The molecule has 0 radical (unpaired) electrons. The molecule has 0 aromatic rings. The van der Waals surface area contributed by atoms with Crippen LogP contribution in [0.25, 0.3) is 0 Å². The fourth-order valence-electron chi connectivity index (χ4n) is 2.86. The molecule has 1 heterocycles. The molecule has 1 rings (SSSR count). The average molecular weight is 240 g/mol. The van der Waals surface area contributed by atoms with Crippen molar-refractivity contribution in [3.8, 4) is 0 Å². The number of piperazine rings is 1. The lowest BCUT2D eigenvalue weighted by molar-refractivity contribution is 0.113. The molecule has 2 nitrogen and oxygen atoms in total. The largest absolute Gasteiger partial charge is 0.311 e. The monoisotopic (exact) mass is 240 g/mol. The Labute approximate surface area is 108 Å². The van der Waals surface area contributed by atoms with Crippen molar-refractivity contribution in [2.24, 2.45) is 5.92 Å². The minimum Gasteiger partial charge on any atom is -0.311 e. The van der Waals surface area contributed by atoms with Crippen LogP contribution in [0, 0.1) is 5.92 Å². The molecule has 1 N–H and O–H groups in total. The van der Waals surface area contributed by atoms with Gasteiger partial charge in [0.1, 0.15) is 0 Å². The van der Waals surface area contributed by atoms with E-state index in [9.17, 15) is 0 Å². The minimum atomic E-state index is 0.699. The van der Waals surface area contributed by atoms with Crippen molar-refractivity contribution in [3.63, 3.8) is 0 Å². The first-order valence-corrected chi connectivity index (χ1v) is 7.66. The average Bonchev–Trinajstić information content (AvgIpc) is 2.34. The maximum absolute atomic E-state index is 3.66. The Hall–Kier alpha value is -0.0800. The van der Waals surface area contributed by atoms with Gasteiger partial charge in [-0.15, -0.1) is 0 Å². The van der Waals surface area contributed by atoms with E-state index in [1.807, 2.05) is 0 Å². The second-order valence-electron chi connectivity index (χ2n) is 5.88. The van der Waals surface area contributed by atoms with Crippen molar-refractivity contribution in [2.45, 2.75) is 71.9 Å². The SMILES string of the molecule is CCCCC(CCC)N1CCNC(C(C)C)C1. The zero-order valence-electron chi connectivity index (χ0n) is 12.3. The Morgan fingerprint density at radius 1 is 1.18 bits per heavy atom. The van der Waals surface area contributed by atoms with E-state index in [2.05, 4.69) is 37.9 Å². The van der Waals surface area contributed by atoms with Crippen molar-refractivity contribution in [1.29, 1.82) is 0 Å². The molecule has 2 atom stereocenters. The quantitative estimate of drug-likeness (QED) is 0.735. The van der Waals surface area contributed by atoms with Crippen molar-refractivity contribution in [2.75, 3.05) is 19.6 Å². The first-order chi connectivity index (χ1) is 8.19. The number of rotatable bonds is 7. The maximum Gasteiger partial charge on any atom is 0.0218 e. The standard InChI is InChI=1S/C15H32N2/c1-5-7-9-14(8-6-2)17-11-10-16-15(12-17)13(3)4/h13-16H,5-12H2,1-4H3. The summed E-state index contributed by atoms with van der Waals surface area (Å²) < 4.78 is 0. The highest BCUT2D eigenvalue weighted by Crippen LogP contribution is 2.18. The fourth-order valence-corrected chi connectivity index (χ4v) is 2.86. The van der Waals surface area contributed by atoms with Crippen LogP contribution < -0.4 is 5.32 Å². The van der Waals surface area contributed by atoms with Gasteiger partial charge in [-0.3, -0.25) is 4.90 Å². The third-order valence-corrected chi connectivity index (χ3v) is 4.07. The van der Waals surface area contributed by atoms with Gasteiger partial charge in [-0.2, -0.15) is 0 Å². The topological polar surface area (TPSA) is 15.3 Å². The van der Waals surface area contributed by atoms with Crippen molar-refractivity contribution >= 4 is 0 Å². The van der Waals surface area contributed by atoms with Crippen LogP contribution in [0.5, 0.6) is 0 Å². The Kier molecular flexibility index (Phi) is 7.14. The van der Waals surface area contributed by atoms with E-state index < -0.39 is 0 Å². The van der Waals surface area contributed by atoms with Crippen molar-refractivity contribution < 1.29 is 0 Å². The molecule has 0 amide bonds. The lowest BCUT2D eigenvalue weighted by atomic mass is 9.97. The van der Waals surface area contributed by atoms with E-state index in [1.165, 1.54) is 51.7 Å². The first kappa shape index (κ1) is 15.0. The molecule has 17 heavy (non-hydrogen) atoms. The summed E-state index contributed by atoms with van der Waals surface area (Å²) in [6, 6.07) is 1.54. The molecule has 0 saturated carbocycles. The van der Waals surface area contributed by atoms with Crippen molar-refractivity contribution in [1.82, 2.24) is 10.2 Å². The van der Waals surface area contributed by atoms with E-state index in [-0.39, 0.29) is 0 Å². The van der Waals surface area contributed by atoms with Gasteiger partial charge < -0.3 is 5.32 Å². The second kappa shape index (κ2) is 8.10. The molecule has 0 aromatic carbocycles. The summed E-state index contributed by atoms with van der Waals surface area (Å²) in [7, 11) is 0. The minimum absolute atomic E-state index is 0.699. The van der Waals surface area contributed by atoms with Crippen LogP contribution in [0.1, 0.15) is 59.8 Å². The molecule has 2 unspecified atom stereocenters. The van der Waals surface area contributed by atoms with Gasteiger partial charge in [0.05, 0.1) is 0 Å². The van der Waals surface area contributed by atoms with Gasteiger partial charge in [-0.1, -0.05) is 47.0 Å². The van der Waals surface area contributed by atoms with E-state index >= 15 is 0 Å². The summed E-state index contributed by atoms with van der Waals surface area (Å²) in [5.41, 5.74) is 0. The number of hydrogen-bond acceptors (Lipinski definition) is 2. The molecular weight excluding hydrogens is 208 g/mol. The van der Waals surface area contributed by atoms with Crippen LogP contribution in [0.3, 0.4) is 0 Å².